The van der Waals surface area contributed by atoms with Gasteiger partial charge in [0.25, 0.3) is 0 Å². The van der Waals surface area contributed by atoms with Crippen molar-refractivity contribution in [1.29, 1.82) is 0 Å². The fraction of sp³-hybridized carbons (Fsp3) is 0.833. The van der Waals surface area contributed by atoms with Crippen LogP contribution in [0.4, 0.5) is 0 Å². The molecule has 2 nitrogen and oxygen atoms in total. The molecule has 0 atom stereocenters. The van der Waals surface area contributed by atoms with Crippen molar-refractivity contribution in [3.05, 3.63) is 0 Å². The van der Waals surface area contributed by atoms with E-state index in [0.717, 1.165) is 6.42 Å². The maximum absolute atomic E-state index is 10.0. The Hall–Kier alpha value is 0.269. The van der Waals surface area contributed by atoms with Crippen molar-refractivity contribution in [2.24, 2.45) is 0 Å². The minimum atomic E-state index is -1.07. The molecule has 0 heterocycles. The van der Waals surface area contributed by atoms with E-state index in [1.807, 2.05) is 0 Å². The van der Waals surface area contributed by atoms with Gasteiger partial charge in [-0.1, -0.05) is 0 Å². The molecule has 9 heavy (non-hydrogen) atoms. The predicted molar refractivity (Wildman–Crippen MR) is 40.6 cm³/mol. The first kappa shape index (κ1) is 9.27. The van der Waals surface area contributed by atoms with Gasteiger partial charge in [0.05, 0.1) is 0 Å². The van der Waals surface area contributed by atoms with Crippen LogP contribution in [-0.4, -0.2) is 30.8 Å². The first-order valence-corrected chi connectivity index (χ1v) is 12.3. The molecule has 0 aliphatic carbocycles. The summed E-state index contributed by atoms with van der Waals surface area (Å²) in [6, 6.07) is 0. The van der Waals surface area contributed by atoms with E-state index in [9.17, 15) is 4.79 Å². The zero-order valence-corrected chi connectivity index (χ0v) is 9.35. The van der Waals surface area contributed by atoms with Crippen LogP contribution in [0.1, 0.15) is 12.8 Å². The average Bonchev–Trinajstić information content (AvgIpc) is 1.63. The van der Waals surface area contributed by atoms with Crippen molar-refractivity contribution in [2.45, 2.75) is 27.2 Å². The van der Waals surface area contributed by atoms with Crippen LogP contribution >= 0.6 is 0 Å². The molecule has 0 aliphatic heterocycles. The quantitative estimate of drug-likeness (QED) is 0.749. The molecule has 0 aliphatic rings. The molecule has 0 aromatic heterocycles. The summed E-state index contributed by atoms with van der Waals surface area (Å²) >= 11 is -1.07. The van der Waals surface area contributed by atoms with Crippen molar-refractivity contribution in [3.63, 3.8) is 0 Å². The van der Waals surface area contributed by atoms with Crippen molar-refractivity contribution in [2.75, 3.05) is 0 Å². The van der Waals surface area contributed by atoms with Crippen molar-refractivity contribution < 1.29 is 9.90 Å². The monoisotopic (exact) mass is 238 g/mol. The number of carboxylic acids is 1. The van der Waals surface area contributed by atoms with E-state index in [-0.39, 0.29) is 0 Å². The Morgan fingerprint density at radius 1 is 1.56 bits per heavy atom. The van der Waals surface area contributed by atoms with Crippen LogP contribution in [0.2, 0.25) is 14.3 Å². The second kappa shape index (κ2) is 5.09. The molecule has 0 unspecified atom stereocenters. The van der Waals surface area contributed by atoms with Gasteiger partial charge in [0.2, 0.25) is 0 Å². The Bertz CT molecular complexity index is 91.1. The number of hydrogen-bond donors (Lipinski definition) is 1. The second-order valence-corrected chi connectivity index (χ2v) is 12.3. The Labute approximate surface area is 63.0 Å². The molecule has 0 saturated carbocycles. The Kier molecular flexibility index (Phi) is 5.24. The van der Waals surface area contributed by atoms with E-state index in [1.165, 1.54) is 4.44 Å². The van der Waals surface area contributed by atoms with Crippen LogP contribution in [0.25, 0.3) is 0 Å². The van der Waals surface area contributed by atoms with E-state index in [0.29, 0.717) is 6.42 Å². The first-order chi connectivity index (χ1) is 4.13. The fourth-order valence-corrected chi connectivity index (χ4v) is 3.57. The number of aliphatic carboxylic acids is 1. The minimum absolute atomic E-state index is 0.370. The molecule has 1 N–H and O–H groups in total. The summed E-state index contributed by atoms with van der Waals surface area (Å²) in [6.07, 6.45) is 1.28. The fourth-order valence-electron chi connectivity index (χ4n) is 0.662. The SMILES string of the molecule is [CH3][SnH]([CH3])[CH2]CCC(=O)O. The van der Waals surface area contributed by atoms with Gasteiger partial charge in [-0.2, -0.15) is 0 Å². The first-order valence-electron chi connectivity index (χ1n) is 3.34. The summed E-state index contributed by atoms with van der Waals surface area (Å²) in [4.78, 5) is 14.6. The van der Waals surface area contributed by atoms with Crippen LogP contribution in [-0.2, 0) is 4.79 Å². The normalized spacial score (nSPS) is 10.1. The van der Waals surface area contributed by atoms with Gasteiger partial charge in [-0.15, -0.1) is 0 Å². The number of rotatable bonds is 4. The van der Waals surface area contributed by atoms with Gasteiger partial charge >= 0.3 is 62.8 Å². The van der Waals surface area contributed by atoms with Crippen LogP contribution < -0.4 is 0 Å². The van der Waals surface area contributed by atoms with E-state index in [4.69, 9.17) is 5.11 Å². The molecule has 0 spiro atoms. The molecule has 0 amide bonds. The molecule has 0 aromatic carbocycles. The topological polar surface area (TPSA) is 37.3 Å². The Balaban J connectivity index is 3.01. The van der Waals surface area contributed by atoms with E-state index >= 15 is 0 Å². The van der Waals surface area contributed by atoms with E-state index < -0.39 is 25.7 Å². The van der Waals surface area contributed by atoms with Gasteiger partial charge in [-0.3, -0.25) is 0 Å². The molecular weight excluding hydrogens is 223 g/mol. The van der Waals surface area contributed by atoms with E-state index in [1.54, 1.807) is 0 Å². The maximum atomic E-state index is 10.0. The molecule has 0 rings (SSSR count). The van der Waals surface area contributed by atoms with Gasteiger partial charge < -0.3 is 0 Å². The number of hydrogen-bond acceptors (Lipinski definition) is 1. The van der Waals surface area contributed by atoms with Crippen molar-refractivity contribution in [1.82, 2.24) is 0 Å². The Morgan fingerprint density at radius 3 is 2.44 bits per heavy atom. The summed E-state index contributed by atoms with van der Waals surface area (Å²) in [6.45, 7) is 0. The third kappa shape index (κ3) is 8.27. The Morgan fingerprint density at radius 2 is 2.11 bits per heavy atom. The molecular formula is C6H14O2Sn. The number of carboxylic acid groups (broad SMARTS) is 1. The third-order valence-electron chi connectivity index (χ3n) is 1.17. The van der Waals surface area contributed by atoms with Crippen molar-refractivity contribution >= 4 is 25.7 Å². The van der Waals surface area contributed by atoms with Gasteiger partial charge in [0, 0.05) is 0 Å². The molecule has 0 aromatic rings. The molecule has 0 saturated heterocycles. The van der Waals surface area contributed by atoms with E-state index in [2.05, 4.69) is 9.88 Å². The summed E-state index contributed by atoms with van der Waals surface area (Å²) < 4.78 is 1.23. The summed E-state index contributed by atoms with van der Waals surface area (Å²) in [5.74, 6) is -0.651. The zero-order chi connectivity index (χ0) is 7.28. The third-order valence-corrected chi connectivity index (χ3v) is 5.63. The van der Waals surface area contributed by atoms with Crippen molar-refractivity contribution in [3.8, 4) is 0 Å². The zero-order valence-electron chi connectivity index (χ0n) is 6.05. The number of carbonyl (C=O) groups is 1. The van der Waals surface area contributed by atoms with Crippen LogP contribution in [0.5, 0.6) is 0 Å². The summed E-state index contributed by atoms with van der Waals surface area (Å²) in [5, 5.41) is 8.25. The summed E-state index contributed by atoms with van der Waals surface area (Å²) in [5.41, 5.74) is 0. The van der Waals surface area contributed by atoms with Gasteiger partial charge in [-0.25, -0.2) is 0 Å². The molecule has 54 valence electrons. The molecule has 0 fully saturated rings. The predicted octanol–water partition coefficient (Wildman–Crippen LogP) is 1.34. The molecule has 0 radical (unpaired) electrons. The standard InChI is InChI=1S/C4H7O2.2CH3.Sn.H/c1-2-3-4(5)6;;;;/h1-3H2,(H,5,6);2*1H3;;. The molecule has 3 heteroatoms. The second-order valence-electron chi connectivity index (χ2n) is 2.68. The van der Waals surface area contributed by atoms with Gasteiger partial charge in [0.1, 0.15) is 0 Å². The molecule has 0 bridgehead atoms. The van der Waals surface area contributed by atoms with Crippen LogP contribution in [0.3, 0.4) is 0 Å². The van der Waals surface area contributed by atoms with Crippen LogP contribution in [0, 0.1) is 0 Å². The van der Waals surface area contributed by atoms with Gasteiger partial charge in [-0.05, 0) is 0 Å². The van der Waals surface area contributed by atoms with Gasteiger partial charge in [0.15, 0.2) is 0 Å². The summed E-state index contributed by atoms with van der Waals surface area (Å²) in [7, 11) is 0. The van der Waals surface area contributed by atoms with Crippen LogP contribution in [0.15, 0.2) is 0 Å². The average molecular weight is 237 g/mol.